The van der Waals surface area contributed by atoms with Gasteiger partial charge < -0.3 is 25.0 Å². The standard InChI is InChI=1S/C17H25N3O7/c1-3-5-12(22)18-11-7-8-20(17(25)19-11)16-15(27-13(23)6-4-2)14(24)10(9-21)26-16/h7-8,10,14-16,21,24H,3-6,9H2,1-2H3,(H,18,19,22,25)/t10-,14-,15-,16-/m1/s1. The number of aliphatic hydroxyl groups excluding tert-OH is 2. The number of esters is 1. The molecule has 1 fully saturated rings. The quantitative estimate of drug-likeness (QED) is 0.531. The third kappa shape index (κ3) is 5.12. The number of nitrogens with zero attached hydrogens (tertiary/aromatic N) is 2. The first-order valence-electron chi connectivity index (χ1n) is 8.94. The number of anilines is 1. The van der Waals surface area contributed by atoms with Crippen LogP contribution in [0.1, 0.15) is 45.8 Å². The highest BCUT2D eigenvalue weighted by Gasteiger charge is 2.47. The fourth-order valence-corrected chi connectivity index (χ4v) is 2.74. The lowest BCUT2D eigenvalue weighted by molar-refractivity contribution is -0.158. The van der Waals surface area contributed by atoms with E-state index in [1.54, 1.807) is 6.92 Å². The lowest BCUT2D eigenvalue weighted by Crippen LogP contribution is -2.39. The third-order valence-electron chi connectivity index (χ3n) is 4.06. The second-order valence-electron chi connectivity index (χ2n) is 6.24. The maximum atomic E-state index is 12.4. The molecule has 1 saturated heterocycles. The van der Waals surface area contributed by atoms with E-state index < -0.39 is 42.8 Å². The van der Waals surface area contributed by atoms with E-state index in [1.807, 2.05) is 6.92 Å². The number of carbonyl (C=O) groups excluding carboxylic acids is 2. The molecule has 0 radical (unpaired) electrons. The number of rotatable bonds is 8. The van der Waals surface area contributed by atoms with Crippen molar-refractivity contribution in [2.75, 3.05) is 11.9 Å². The molecular formula is C17H25N3O7. The van der Waals surface area contributed by atoms with Gasteiger partial charge in [-0.15, -0.1) is 0 Å². The smallest absolute Gasteiger partial charge is 0.351 e. The molecule has 0 spiro atoms. The van der Waals surface area contributed by atoms with Crippen LogP contribution in [0, 0.1) is 0 Å². The van der Waals surface area contributed by atoms with Crippen molar-refractivity contribution >= 4 is 17.7 Å². The van der Waals surface area contributed by atoms with Crippen molar-refractivity contribution in [1.82, 2.24) is 9.55 Å². The van der Waals surface area contributed by atoms with E-state index in [0.717, 1.165) is 4.57 Å². The molecule has 1 aromatic rings. The van der Waals surface area contributed by atoms with Crippen LogP contribution in [0.3, 0.4) is 0 Å². The zero-order valence-corrected chi connectivity index (χ0v) is 15.3. The lowest BCUT2D eigenvalue weighted by atomic mass is 10.1. The van der Waals surface area contributed by atoms with Crippen LogP contribution in [0.2, 0.25) is 0 Å². The van der Waals surface area contributed by atoms with Crippen LogP contribution >= 0.6 is 0 Å². The largest absolute Gasteiger partial charge is 0.455 e. The first-order valence-corrected chi connectivity index (χ1v) is 8.94. The predicted octanol–water partition coefficient (Wildman–Crippen LogP) is -0.0556. The minimum absolute atomic E-state index is 0.0893. The average Bonchev–Trinajstić information content (AvgIpc) is 2.91. The van der Waals surface area contributed by atoms with E-state index in [4.69, 9.17) is 9.47 Å². The zero-order chi connectivity index (χ0) is 20.0. The van der Waals surface area contributed by atoms with E-state index in [0.29, 0.717) is 19.3 Å². The van der Waals surface area contributed by atoms with Crippen molar-refractivity contribution in [3.8, 4) is 0 Å². The van der Waals surface area contributed by atoms with Gasteiger partial charge in [0, 0.05) is 19.0 Å². The molecule has 3 N–H and O–H groups in total. The second kappa shape index (κ2) is 9.58. The van der Waals surface area contributed by atoms with Crippen LogP contribution < -0.4 is 11.0 Å². The van der Waals surface area contributed by atoms with Crippen molar-refractivity contribution in [3.05, 3.63) is 22.7 Å². The topological polar surface area (TPSA) is 140 Å². The molecule has 4 atom stereocenters. The molecule has 0 aromatic carbocycles. The van der Waals surface area contributed by atoms with Gasteiger partial charge in [0.05, 0.1) is 6.61 Å². The zero-order valence-electron chi connectivity index (χ0n) is 15.3. The first-order chi connectivity index (χ1) is 12.9. The summed E-state index contributed by atoms with van der Waals surface area (Å²) in [6, 6.07) is 1.40. The maximum Gasteiger partial charge on any atom is 0.351 e. The van der Waals surface area contributed by atoms with Crippen LogP contribution in [0.25, 0.3) is 0 Å². The van der Waals surface area contributed by atoms with Gasteiger partial charge in [-0.1, -0.05) is 13.8 Å². The first kappa shape index (κ1) is 21.0. The Morgan fingerprint density at radius 1 is 1.33 bits per heavy atom. The maximum absolute atomic E-state index is 12.4. The highest BCUT2D eigenvalue weighted by Crippen LogP contribution is 2.31. The molecular weight excluding hydrogens is 358 g/mol. The number of nitrogens with one attached hydrogen (secondary N) is 1. The molecule has 2 rings (SSSR count). The number of carbonyl (C=O) groups is 2. The van der Waals surface area contributed by atoms with E-state index in [9.17, 15) is 24.6 Å². The van der Waals surface area contributed by atoms with Gasteiger partial charge in [0.1, 0.15) is 18.0 Å². The number of ether oxygens (including phenoxy) is 2. The Morgan fingerprint density at radius 3 is 2.63 bits per heavy atom. The van der Waals surface area contributed by atoms with Crippen molar-refractivity contribution in [2.24, 2.45) is 0 Å². The Balaban J connectivity index is 2.23. The van der Waals surface area contributed by atoms with Crippen molar-refractivity contribution < 1.29 is 29.3 Å². The molecule has 2 heterocycles. The summed E-state index contributed by atoms with van der Waals surface area (Å²) >= 11 is 0. The number of hydrogen-bond donors (Lipinski definition) is 3. The summed E-state index contributed by atoms with van der Waals surface area (Å²) in [5.41, 5.74) is -0.753. The summed E-state index contributed by atoms with van der Waals surface area (Å²) in [6.07, 6.45) is -1.62. The van der Waals surface area contributed by atoms with Gasteiger partial charge in [0.25, 0.3) is 0 Å². The molecule has 10 nitrogen and oxygen atoms in total. The van der Waals surface area contributed by atoms with Crippen molar-refractivity contribution in [3.63, 3.8) is 0 Å². The van der Waals surface area contributed by atoms with Crippen molar-refractivity contribution in [1.29, 1.82) is 0 Å². The molecule has 0 unspecified atom stereocenters. The predicted molar refractivity (Wildman–Crippen MR) is 93.8 cm³/mol. The molecule has 10 heteroatoms. The average molecular weight is 383 g/mol. The van der Waals surface area contributed by atoms with Crippen molar-refractivity contribution in [2.45, 2.75) is 64.1 Å². The van der Waals surface area contributed by atoms with Gasteiger partial charge >= 0.3 is 11.7 Å². The SMILES string of the molecule is CCCC(=O)Nc1ccn([C@@H]2O[C@H](CO)[C@@H](O)[C@H]2OC(=O)CCC)c(=O)n1. The van der Waals surface area contributed by atoms with E-state index in [1.165, 1.54) is 12.3 Å². The molecule has 1 aliphatic heterocycles. The normalized spacial score (nSPS) is 24.6. The van der Waals surface area contributed by atoms with Crippen LogP contribution in [-0.4, -0.2) is 56.6 Å². The van der Waals surface area contributed by atoms with E-state index in [2.05, 4.69) is 10.3 Å². The second-order valence-corrected chi connectivity index (χ2v) is 6.24. The molecule has 150 valence electrons. The molecule has 0 saturated carbocycles. The van der Waals surface area contributed by atoms with Gasteiger partial charge in [0.15, 0.2) is 12.3 Å². The third-order valence-corrected chi connectivity index (χ3v) is 4.06. The van der Waals surface area contributed by atoms with Crippen LogP contribution in [0.15, 0.2) is 17.1 Å². The fraction of sp³-hybridized carbons (Fsp3) is 0.647. The van der Waals surface area contributed by atoms with Gasteiger partial charge in [-0.3, -0.25) is 14.2 Å². The van der Waals surface area contributed by atoms with E-state index in [-0.39, 0.29) is 18.1 Å². The molecule has 27 heavy (non-hydrogen) atoms. The number of aliphatic hydroxyl groups is 2. The number of aromatic nitrogens is 2. The molecule has 1 aliphatic rings. The van der Waals surface area contributed by atoms with Crippen LogP contribution in [-0.2, 0) is 19.1 Å². The minimum Gasteiger partial charge on any atom is -0.455 e. The number of hydrogen-bond acceptors (Lipinski definition) is 8. The minimum atomic E-state index is -1.29. The Morgan fingerprint density at radius 2 is 2.04 bits per heavy atom. The van der Waals surface area contributed by atoms with Gasteiger partial charge in [-0.2, -0.15) is 4.98 Å². The fourth-order valence-electron chi connectivity index (χ4n) is 2.74. The highest BCUT2D eigenvalue weighted by atomic mass is 16.6. The molecule has 0 bridgehead atoms. The Bertz CT molecular complexity index is 721. The summed E-state index contributed by atoms with van der Waals surface area (Å²) in [5, 5.41) is 22.1. The van der Waals surface area contributed by atoms with Crippen LogP contribution in [0.4, 0.5) is 5.82 Å². The van der Waals surface area contributed by atoms with E-state index >= 15 is 0 Å². The van der Waals surface area contributed by atoms with Gasteiger partial charge in [-0.05, 0) is 18.9 Å². The molecule has 1 aromatic heterocycles. The Hall–Kier alpha value is -2.30. The van der Waals surface area contributed by atoms with Gasteiger partial charge in [0.2, 0.25) is 5.91 Å². The lowest BCUT2D eigenvalue weighted by Gasteiger charge is -2.22. The van der Waals surface area contributed by atoms with Crippen LogP contribution in [0.5, 0.6) is 0 Å². The van der Waals surface area contributed by atoms with Gasteiger partial charge in [-0.25, -0.2) is 4.79 Å². The molecule has 0 aliphatic carbocycles. The molecule has 1 amide bonds. The summed E-state index contributed by atoms with van der Waals surface area (Å²) in [6.45, 7) is 3.15. The Labute approximate surface area is 156 Å². The summed E-state index contributed by atoms with van der Waals surface area (Å²) in [7, 11) is 0. The summed E-state index contributed by atoms with van der Waals surface area (Å²) < 4.78 is 11.8. The summed E-state index contributed by atoms with van der Waals surface area (Å²) in [5.74, 6) is -0.717. The number of amides is 1. The summed E-state index contributed by atoms with van der Waals surface area (Å²) in [4.78, 5) is 39.6. The Kier molecular flexibility index (Phi) is 7.45. The monoisotopic (exact) mass is 383 g/mol. The highest BCUT2D eigenvalue weighted by molar-refractivity contribution is 5.89.